The summed E-state index contributed by atoms with van der Waals surface area (Å²) < 4.78 is 0. The van der Waals surface area contributed by atoms with E-state index in [0.29, 0.717) is 17.3 Å². The molecule has 0 radical (unpaired) electrons. The number of benzene rings is 1. The Labute approximate surface area is 156 Å². The average molecular weight is 355 g/mol. The molecule has 0 aliphatic rings. The number of pyridine rings is 2. The van der Waals surface area contributed by atoms with Gasteiger partial charge in [0.1, 0.15) is 11.5 Å². The molecule has 4 rings (SSSR count). The number of rotatable bonds is 4. The molecule has 0 aliphatic carbocycles. The van der Waals surface area contributed by atoms with E-state index in [1.165, 1.54) is 0 Å². The van der Waals surface area contributed by atoms with E-state index < -0.39 is 0 Å². The summed E-state index contributed by atoms with van der Waals surface area (Å²) in [6.07, 6.45) is 7.19. The number of anilines is 1. The van der Waals surface area contributed by atoms with Gasteiger partial charge in [0.05, 0.1) is 6.42 Å². The second-order valence-corrected chi connectivity index (χ2v) is 6.22. The zero-order valence-electron chi connectivity index (χ0n) is 14.8. The second-order valence-electron chi connectivity index (χ2n) is 6.22. The van der Waals surface area contributed by atoms with Gasteiger partial charge in [0.25, 0.3) is 0 Å². The van der Waals surface area contributed by atoms with Crippen LogP contribution in [0.2, 0.25) is 0 Å². The van der Waals surface area contributed by atoms with E-state index in [1.54, 1.807) is 18.6 Å². The summed E-state index contributed by atoms with van der Waals surface area (Å²) in [7, 11) is 0. The highest BCUT2D eigenvalue weighted by Crippen LogP contribution is 2.18. The number of aromatic nitrogens is 4. The quantitative estimate of drug-likeness (QED) is 0.605. The molecule has 27 heavy (non-hydrogen) atoms. The van der Waals surface area contributed by atoms with Gasteiger partial charge >= 0.3 is 0 Å². The van der Waals surface area contributed by atoms with Crippen LogP contribution in [0.15, 0.2) is 67.3 Å². The van der Waals surface area contributed by atoms with Crippen molar-refractivity contribution in [3.05, 3.63) is 78.4 Å². The molecule has 0 saturated heterocycles. The maximum absolute atomic E-state index is 12.5. The normalized spacial score (nSPS) is 10.7. The molecule has 1 N–H and O–H groups in total. The van der Waals surface area contributed by atoms with Crippen molar-refractivity contribution >= 4 is 22.5 Å². The summed E-state index contributed by atoms with van der Waals surface area (Å²) in [5.41, 5.74) is 2.40. The van der Waals surface area contributed by atoms with Crippen molar-refractivity contribution in [1.29, 1.82) is 0 Å². The Bertz CT molecular complexity index is 1110. The minimum atomic E-state index is -0.128. The molecule has 0 atom stereocenters. The van der Waals surface area contributed by atoms with Crippen LogP contribution in [0.3, 0.4) is 0 Å². The lowest BCUT2D eigenvalue weighted by atomic mass is 10.1. The van der Waals surface area contributed by atoms with E-state index >= 15 is 0 Å². The molecule has 3 heterocycles. The smallest absolute Gasteiger partial charge is 0.229 e. The number of carbonyl (C=O) groups is 1. The molecule has 6 heteroatoms. The van der Waals surface area contributed by atoms with Gasteiger partial charge in [-0.3, -0.25) is 14.8 Å². The van der Waals surface area contributed by atoms with E-state index in [-0.39, 0.29) is 12.3 Å². The molecule has 0 unspecified atom stereocenters. The summed E-state index contributed by atoms with van der Waals surface area (Å²) in [5, 5.41) is 5.00. The molecule has 0 saturated carbocycles. The van der Waals surface area contributed by atoms with Crippen LogP contribution < -0.4 is 5.32 Å². The largest absolute Gasteiger partial charge is 0.310 e. The number of amides is 1. The number of carbonyl (C=O) groups excluding carboxylic acids is 1. The van der Waals surface area contributed by atoms with E-state index in [2.05, 4.69) is 25.3 Å². The highest BCUT2D eigenvalue weighted by molar-refractivity contribution is 5.93. The first-order chi connectivity index (χ1) is 13.2. The van der Waals surface area contributed by atoms with Crippen molar-refractivity contribution in [3.8, 4) is 11.5 Å². The van der Waals surface area contributed by atoms with Gasteiger partial charge < -0.3 is 5.32 Å². The minimum absolute atomic E-state index is 0.128. The van der Waals surface area contributed by atoms with E-state index in [4.69, 9.17) is 0 Å². The Balaban J connectivity index is 1.53. The predicted octanol–water partition coefficient (Wildman–Crippen LogP) is 3.58. The van der Waals surface area contributed by atoms with Gasteiger partial charge in [-0.25, -0.2) is 9.97 Å². The molecule has 6 nitrogen and oxygen atoms in total. The molecule has 1 aromatic carbocycles. The molecule has 3 aromatic heterocycles. The van der Waals surface area contributed by atoms with Crippen LogP contribution in [0.25, 0.3) is 22.3 Å². The summed E-state index contributed by atoms with van der Waals surface area (Å²) in [5.74, 6) is 0.854. The fraction of sp³-hybridized carbons (Fsp3) is 0.0952. The topological polar surface area (TPSA) is 80.7 Å². The second kappa shape index (κ2) is 7.29. The van der Waals surface area contributed by atoms with E-state index in [9.17, 15) is 4.79 Å². The van der Waals surface area contributed by atoms with Crippen molar-refractivity contribution in [2.45, 2.75) is 13.3 Å². The van der Waals surface area contributed by atoms with Gasteiger partial charge in [-0.2, -0.15) is 0 Å². The average Bonchev–Trinajstić information content (AvgIpc) is 2.70. The highest BCUT2D eigenvalue weighted by Gasteiger charge is 2.11. The first kappa shape index (κ1) is 16.8. The zero-order valence-corrected chi connectivity index (χ0v) is 14.8. The van der Waals surface area contributed by atoms with Gasteiger partial charge in [-0.05, 0) is 36.1 Å². The van der Waals surface area contributed by atoms with Crippen LogP contribution in [-0.2, 0) is 11.2 Å². The Morgan fingerprint density at radius 3 is 2.78 bits per heavy atom. The number of hydrogen-bond donors (Lipinski definition) is 1. The maximum Gasteiger partial charge on any atom is 0.229 e. The highest BCUT2D eigenvalue weighted by atomic mass is 16.1. The summed E-state index contributed by atoms with van der Waals surface area (Å²) in [4.78, 5) is 29.6. The van der Waals surface area contributed by atoms with Crippen LogP contribution in [0.1, 0.15) is 11.1 Å². The molecule has 0 bridgehead atoms. The fourth-order valence-corrected chi connectivity index (χ4v) is 2.79. The van der Waals surface area contributed by atoms with Gasteiger partial charge in [-0.15, -0.1) is 0 Å². The summed E-state index contributed by atoms with van der Waals surface area (Å²) in [6, 6.07) is 13.4. The molecule has 0 fully saturated rings. The summed E-state index contributed by atoms with van der Waals surface area (Å²) in [6.45, 7) is 1.86. The van der Waals surface area contributed by atoms with Gasteiger partial charge in [0.15, 0.2) is 5.82 Å². The maximum atomic E-state index is 12.5. The van der Waals surface area contributed by atoms with Crippen LogP contribution in [-0.4, -0.2) is 25.8 Å². The minimum Gasteiger partial charge on any atom is -0.310 e. The van der Waals surface area contributed by atoms with Crippen LogP contribution in [0.4, 0.5) is 5.82 Å². The van der Waals surface area contributed by atoms with E-state index in [1.807, 2.05) is 55.6 Å². The third-order valence-corrected chi connectivity index (χ3v) is 4.19. The molecule has 1 amide bonds. The lowest BCUT2D eigenvalue weighted by Crippen LogP contribution is -2.16. The lowest BCUT2D eigenvalue weighted by molar-refractivity contribution is -0.115. The van der Waals surface area contributed by atoms with Gasteiger partial charge in [0, 0.05) is 35.7 Å². The summed E-state index contributed by atoms with van der Waals surface area (Å²) >= 11 is 0. The number of nitrogens with one attached hydrogen (secondary N) is 1. The van der Waals surface area contributed by atoms with Crippen molar-refractivity contribution in [3.63, 3.8) is 0 Å². The molecule has 0 spiro atoms. The third kappa shape index (κ3) is 3.79. The van der Waals surface area contributed by atoms with Crippen molar-refractivity contribution in [2.24, 2.45) is 0 Å². The van der Waals surface area contributed by atoms with Crippen LogP contribution in [0, 0.1) is 6.92 Å². The number of aryl methyl sites for hydroxylation is 1. The molecule has 4 aromatic rings. The van der Waals surface area contributed by atoms with Crippen LogP contribution >= 0.6 is 0 Å². The van der Waals surface area contributed by atoms with Crippen molar-refractivity contribution in [2.75, 3.05) is 5.32 Å². The van der Waals surface area contributed by atoms with Crippen molar-refractivity contribution < 1.29 is 4.79 Å². The fourth-order valence-electron chi connectivity index (χ4n) is 2.79. The molecule has 132 valence electrons. The zero-order chi connectivity index (χ0) is 18.6. The number of fused-ring (bicyclic) bond motifs is 1. The van der Waals surface area contributed by atoms with Gasteiger partial charge in [0.2, 0.25) is 5.91 Å². The Morgan fingerprint density at radius 2 is 1.93 bits per heavy atom. The first-order valence-corrected chi connectivity index (χ1v) is 8.56. The third-order valence-electron chi connectivity index (χ3n) is 4.19. The predicted molar refractivity (Wildman–Crippen MR) is 104 cm³/mol. The molecular weight excluding hydrogens is 338 g/mol. The molecular formula is C21H17N5O. The standard InChI is InChI=1S/C21H17N5O/c1-14-12-24-21(18-4-2-3-8-23-18)26-20(14)25-19(27)11-15-5-6-17-13-22-9-7-16(17)10-15/h2-10,12-13H,11H2,1H3,(H,24,25,26,27). The Morgan fingerprint density at radius 1 is 1.00 bits per heavy atom. The van der Waals surface area contributed by atoms with Crippen LogP contribution in [0.5, 0.6) is 0 Å². The number of nitrogens with zero attached hydrogens (tertiary/aromatic N) is 4. The molecule has 0 aliphatic heterocycles. The Kier molecular flexibility index (Phi) is 4.53. The number of hydrogen-bond acceptors (Lipinski definition) is 5. The first-order valence-electron chi connectivity index (χ1n) is 8.56. The SMILES string of the molecule is Cc1cnc(-c2ccccn2)nc1NC(=O)Cc1ccc2cnccc2c1. The monoisotopic (exact) mass is 355 g/mol. The lowest BCUT2D eigenvalue weighted by Gasteiger charge is -2.09. The van der Waals surface area contributed by atoms with Gasteiger partial charge in [-0.1, -0.05) is 24.3 Å². The van der Waals surface area contributed by atoms with Crippen molar-refractivity contribution in [1.82, 2.24) is 19.9 Å². The van der Waals surface area contributed by atoms with E-state index in [0.717, 1.165) is 21.9 Å². The Hall–Kier alpha value is -3.67.